The Morgan fingerprint density at radius 2 is 2.14 bits per heavy atom. The van der Waals surface area contributed by atoms with E-state index in [1.165, 1.54) is 5.56 Å². The Morgan fingerprint density at radius 1 is 1.36 bits per heavy atom. The van der Waals surface area contributed by atoms with E-state index in [2.05, 4.69) is 28.6 Å². The van der Waals surface area contributed by atoms with Crippen LogP contribution in [-0.4, -0.2) is 25.1 Å². The minimum absolute atomic E-state index is 0.614. The normalized spacial score (nSPS) is 12.5. The maximum absolute atomic E-state index is 4.28. The molecule has 0 fully saturated rings. The van der Waals surface area contributed by atoms with Crippen LogP contribution in [-0.2, 0) is 0 Å². The zero-order chi connectivity index (χ0) is 10.4. The van der Waals surface area contributed by atoms with Crippen molar-refractivity contribution in [3.63, 3.8) is 0 Å². The highest BCUT2D eigenvalue weighted by Gasteiger charge is 2.00. The number of nitrogens with zero attached hydrogens (tertiary/aromatic N) is 1. The molecule has 0 radical (unpaired) electrons. The van der Waals surface area contributed by atoms with Gasteiger partial charge in [0.25, 0.3) is 0 Å². The van der Waals surface area contributed by atoms with Crippen LogP contribution in [0.5, 0.6) is 0 Å². The highest BCUT2D eigenvalue weighted by atomic mass is 15.0. The van der Waals surface area contributed by atoms with E-state index in [1.54, 1.807) is 0 Å². The van der Waals surface area contributed by atoms with Crippen LogP contribution in [0.4, 0.5) is 5.82 Å². The van der Waals surface area contributed by atoms with Crippen molar-refractivity contribution in [3.05, 3.63) is 23.9 Å². The summed E-state index contributed by atoms with van der Waals surface area (Å²) in [5, 5.41) is 6.46. The molecule has 0 aromatic carbocycles. The number of hydrogen-bond acceptors (Lipinski definition) is 3. The molecule has 0 aliphatic rings. The first-order valence-electron chi connectivity index (χ1n) is 5.03. The van der Waals surface area contributed by atoms with Crippen LogP contribution >= 0.6 is 0 Å². The molecule has 78 valence electrons. The van der Waals surface area contributed by atoms with E-state index < -0.39 is 0 Å². The van der Waals surface area contributed by atoms with Gasteiger partial charge in [-0.2, -0.15) is 0 Å². The maximum Gasteiger partial charge on any atom is 0.125 e. The molecule has 0 amide bonds. The molecule has 0 aliphatic carbocycles. The van der Waals surface area contributed by atoms with E-state index in [4.69, 9.17) is 0 Å². The van der Waals surface area contributed by atoms with Crippen LogP contribution < -0.4 is 10.6 Å². The maximum atomic E-state index is 4.28. The van der Waals surface area contributed by atoms with Gasteiger partial charge >= 0.3 is 0 Å². The second-order valence-corrected chi connectivity index (χ2v) is 3.76. The Labute approximate surface area is 85.9 Å². The van der Waals surface area contributed by atoms with E-state index in [0.717, 1.165) is 18.9 Å². The lowest BCUT2D eigenvalue weighted by atomic mass is 10.2. The molecule has 2 N–H and O–H groups in total. The Kier molecular flexibility index (Phi) is 4.40. The van der Waals surface area contributed by atoms with Crippen LogP contribution in [0.25, 0.3) is 0 Å². The van der Waals surface area contributed by atoms with Gasteiger partial charge in [-0.3, -0.25) is 0 Å². The number of pyridine rings is 1. The van der Waals surface area contributed by atoms with Crippen molar-refractivity contribution in [2.24, 2.45) is 5.92 Å². The molecular weight excluding hydrogens is 174 g/mol. The van der Waals surface area contributed by atoms with Gasteiger partial charge in [0.2, 0.25) is 0 Å². The van der Waals surface area contributed by atoms with E-state index >= 15 is 0 Å². The van der Waals surface area contributed by atoms with Crippen LogP contribution in [0.3, 0.4) is 0 Å². The van der Waals surface area contributed by atoms with Crippen LogP contribution in [0.1, 0.15) is 12.5 Å². The third-order valence-corrected chi connectivity index (χ3v) is 2.10. The fraction of sp³-hybridized carbons (Fsp3) is 0.545. The molecule has 0 saturated carbocycles. The fourth-order valence-corrected chi connectivity index (χ4v) is 1.27. The first-order valence-corrected chi connectivity index (χ1v) is 5.03. The number of anilines is 1. The summed E-state index contributed by atoms with van der Waals surface area (Å²) in [7, 11) is 1.97. The molecule has 1 heterocycles. The lowest BCUT2D eigenvalue weighted by Gasteiger charge is -2.12. The van der Waals surface area contributed by atoms with Gasteiger partial charge in [0.05, 0.1) is 0 Å². The van der Waals surface area contributed by atoms with Gasteiger partial charge in [0, 0.05) is 12.7 Å². The van der Waals surface area contributed by atoms with E-state index in [0.29, 0.717) is 5.92 Å². The molecule has 3 nitrogen and oxygen atoms in total. The minimum Gasteiger partial charge on any atom is -0.370 e. The molecule has 1 aromatic heterocycles. The Hall–Kier alpha value is -1.09. The monoisotopic (exact) mass is 193 g/mol. The van der Waals surface area contributed by atoms with Gasteiger partial charge in [-0.1, -0.05) is 13.0 Å². The smallest absolute Gasteiger partial charge is 0.125 e. The average Bonchev–Trinajstić information content (AvgIpc) is 2.17. The molecule has 1 unspecified atom stereocenters. The highest BCUT2D eigenvalue weighted by molar-refractivity contribution is 5.35. The lowest BCUT2D eigenvalue weighted by molar-refractivity contribution is 0.569. The lowest BCUT2D eigenvalue weighted by Crippen LogP contribution is -2.23. The molecule has 1 atom stereocenters. The zero-order valence-corrected chi connectivity index (χ0v) is 9.17. The largest absolute Gasteiger partial charge is 0.370 e. The molecule has 14 heavy (non-hydrogen) atoms. The van der Waals surface area contributed by atoms with E-state index in [1.807, 2.05) is 26.2 Å². The van der Waals surface area contributed by atoms with Gasteiger partial charge < -0.3 is 10.6 Å². The van der Waals surface area contributed by atoms with Crippen molar-refractivity contribution >= 4 is 5.82 Å². The number of nitrogens with one attached hydrogen (secondary N) is 2. The molecule has 1 rings (SSSR count). The summed E-state index contributed by atoms with van der Waals surface area (Å²) in [4.78, 5) is 4.28. The third kappa shape index (κ3) is 3.75. The Bertz CT molecular complexity index is 256. The predicted octanol–water partition coefficient (Wildman–Crippen LogP) is 1.66. The highest BCUT2D eigenvalue weighted by Crippen LogP contribution is 2.04. The van der Waals surface area contributed by atoms with Crippen molar-refractivity contribution in [2.75, 3.05) is 25.5 Å². The first kappa shape index (κ1) is 11.0. The standard InChI is InChI=1S/C11H19N3/c1-9-4-5-11(13-7-9)14-8-10(2)6-12-3/h4-5,7,10,12H,6,8H2,1-3H3,(H,13,14). The molecule has 1 aromatic rings. The van der Waals surface area contributed by atoms with Gasteiger partial charge in [-0.25, -0.2) is 4.98 Å². The van der Waals surface area contributed by atoms with Crippen LogP contribution in [0.15, 0.2) is 18.3 Å². The molecule has 0 aliphatic heterocycles. The molecule has 0 saturated heterocycles. The van der Waals surface area contributed by atoms with Crippen molar-refractivity contribution in [2.45, 2.75) is 13.8 Å². The van der Waals surface area contributed by atoms with E-state index in [-0.39, 0.29) is 0 Å². The van der Waals surface area contributed by atoms with Gasteiger partial charge in [0.1, 0.15) is 5.82 Å². The quantitative estimate of drug-likeness (QED) is 0.746. The van der Waals surface area contributed by atoms with Crippen molar-refractivity contribution in [1.29, 1.82) is 0 Å². The second-order valence-electron chi connectivity index (χ2n) is 3.76. The van der Waals surface area contributed by atoms with Gasteiger partial charge in [0.15, 0.2) is 0 Å². The number of hydrogen-bond donors (Lipinski definition) is 2. The predicted molar refractivity (Wildman–Crippen MR) is 60.6 cm³/mol. The topological polar surface area (TPSA) is 37.0 Å². The van der Waals surface area contributed by atoms with E-state index in [9.17, 15) is 0 Å². The summed E-state index contributed by atoms with van der Waals surface area (Å²) in [5.41, 5.74) is 1.19. The first-order chi connectivity index (χ1) is 6.72. The second kappa shape index (κ2) is 5.60. The summed E-state index contributed by atoms with van der Waals surface area (Å²) in [6.07, 6.45) is 1.88. The van der Waals surface area contributed by atoms with Gasteiger partial charge in [-0.05, 0) is 38.1 Å². The van der Waals surface area contributed by atoms with Crippen molar-refractivity contribution < 1.29 is 0 Å². The minimum atomic E-state index is 0.614. The average molecular weight is 193 g/mol. The summed E-state index contributed by atoms with van der Waals surface area (Å²) >= 11 is 0. The zero-order valence-electron chi connectivity index (χ0n) is 9.17. The molecule has 3 heteroatoms. The van der Waals surface area contributed by atoms with Gasteiger partial charge in [-0.15, -0.1) is 0 Å². The summed E-state index contributed by atoms with van der Waals surface area (Å²) in [5.74, 6) is 1.57. The summed E-state index contributed by atoms with van der Waals surface area (Å²) in [6.45, 7) is 6.23. The summed E-state index contributed by atoms with van der Waals surface area (Å²) in [6, 6.07) is 4.08. The Balaban J connectivity index is 2.34. The third-order valence-electron chi connectivity index (χ3n) is 2.10. The Morgan fingerprint density at radius 3 is 2.71 bits per heavy atom. The SMILES string of the molecule is CNCC(C)CNc1ccc(C)cn1. The number of aromatic nitrogens is 1. The fourth-order valence-electron chi connectivity index (χ4n) is 1.27. The molecule has 0 bridgehead atoms. The van der Waals surface area contributed by atoms with Crippen LogP contribution in [0.2, 0.25) is 0 Å². The molecular formula is C11H19N3. The van der Waals surface area contributed by atoms with Crippen molar-refractivity contribution in [1.82, 2.24) is 10.3 Å². The van der Waals surface area contributed by atoms with Crippen molar-refractivity contribution in [3.8, 4) is 0 Å². The summed E-state index contributed by atoms with van der Waals surface area (Å²) < 4.78 is 0. The number of rotatable bonds is 5. The number of aryl methyl sites for hydroxylation is 1. The molecule has 0 spiro atoms. The van der Waals surface area contributed by atoms with Crippen LogP contribution in [0, 0.1) is 12.8 Å².